The minimum atomic E-state index is -0.194. The van der Waals surface area contributed by atoms with E-state index in [9.17, 15) is 4.79 Å². The molecule has 3 N–H and O–H groups in total. The van der Waals surface area contributed by atoms with Gasteiger partial charge in [-0.05, 0) is 25.1 Å². The zero-order valence-electron chi connectivity index (χ0n) is 10.4. The predicted octanol–water partition coefficient (Wildman–Crippen LogP) is 1.13. The third-order valence-electron chi connectivity index (χ3n) is 3.25. The number of anilines is 1. The van der Waals surface area contributed by atoms with Crippen LogP contribution in [-0.2, 0) is 11.2 Å². The number of nitrogens with zero attached hydrogens (tertiary/aromatic N) is 1. The summed E-state index contributed by atoms with van der Waals surface area (Å²) in [5.41, 5.74) is 8.81. The van der Waals surface area contributed by atoms with E-state index in [0.29, 0.717) is 13.1 Å². The van der Waals surface area contributed by atoms with Crippen LogP contribution in [0.3, 0.4) is 0 Å². The number of rotatable bonds is 4. The lowest BCUT2D eigenvalue weighted by Gasteiger charge is -2.22. The highest BCUT2D eigenvalue weighted by atomic mass is 16.2. The largest absolute Gasteiger partial charge is 0.329 e. The summed E-state index contributed by atoms with van der Waals surface area (Å²) in [5, 5.41) is 2.92. The fraction of sp³-hybridized carbons (Fsp3) is 0.462. The number of nitrogens with one attached hydrogen (secondary N) is 1. The Morgan fingerprint density at radius 1 is 1.47 bits per heavy atom. The van der Waals surface area contributed by atoms with Gasteiger partial charge >= 0.3 is 0 Å². The van der Waals surface area contributed by atoms with Crippen LogP contribution in [0.25, 0.3) is 0 Å². The molecule has 1 atom stereocenters. The SMILES string of the molecule is CCc1ccc2c(c1)C(N(C)CCN)C(=O)N2. The maximum absolute atomic E-state index is 12.0. The fourth-order valence-electron chi connectivity index (χ4n) is 2.28. The van der Waals surface area contributed by atoms with Crippen molar-refractivity contribution < 1.29 is 4.79 Å². The number of carbonyl (C=O) groups is 1. The summed E-state index contributed by atoms with van der Waals surface area (Å²) in [6.45, 7) is 3.39. The van der Waals surface area contributed by atoms with Gasteiger partial charge in [0.05, 0.1) is 0 Å². The van der Waals surface area contributed by atoms with Crippen molar-refractivity contribution >= 4 is 11.6 Å². The second-order valence-corrected chi connectivity index (χ2v) is 4.44. The van der Waals surface area contributed by atoms with Crippen molar-refractivity contribution in [1.29, 1.82) is 0 Å². The Kier molecular flexibility index (Phi) is 3.45. The third kappa shape index (κ3) is 2.18. The molecule has 1 aromatic rings. The molecule has 1 aliphatic rings. The number of fused-ring (bicyclic) bond motifs is 1. The van der Waals surface area contributed by atoms with Crippen LogP contribution in [0, 0.1) is 0 Å². The standard InChI is InChI=1S/C13H19N3O/c1-3-9-4-5-11-10(8-9)12(13(17)15-11)16(2)7-6-14/h4-5,8,12H,3,6-7,14H2,1-2H3,(H,15,17). The van der Waals surface area contributed by atoms with Crippen LogP contribution in [0.2, 0.25) is 0 Å². The van der Waals surface area contributed by atoms with Gasteiger partial charge in [0, 0.05) is 24.3 Å². The van der Waals surface area contributed by atoms with E-state index in [1.165, 1.54) is 5.56 Å². The summed E-state index contributed by atoms with van der Waals surface area (Å²) < 4.78 is 0. The average molecular weight is 233 g/mol. The van der Waals surface area contributed by atoms with Crippen LogP contribution >= 0.6 is 0 Å². The molecule has 0 saturated carbocycles. The summed E-state index contributed by atoms with van der Waals surface area (Å²) in [4.78, 5) is 14.0. The van der Waals surface area contributed by atoms with E-state index in [-0.39, 0.29) is 11.9 Å². The maximum Gasteiger partial charge on any atom is 0.246 e. The minimum Gasteiger partial charge on any atom is -0.329 e. The molecule has 1 amide bonds. The summed E-state index contributed by atoms with van der Waals surface area (Å²) >= 11 is 0. The number of carbonyl (C=O) groups excluding carboxylic acids is 1. The molecule has 0 aliphatic carbocycles. The van der Waals surface area contributed by atoms with Crippen LogP contribution in [-0.4, -0.2) is 30.9 Å². The summed E-state index contributed by atoms with van der Waals surface area (Å²) in [5.74, 6) is 0.0456. The summed E-state index contributed by atoms with van der Waals surface area (Å²) in [7, 11) is 1.94. The molecule has 4 nitrogen and oxygen atoms in total. The lowest BCUT2D eigenvalue weighted by atomic mass is 10.0. The molecular weight excluding hydrogens is 214 g/mol. The zero-order chi connectivity index (χ0) is 12.4. The highest BCUT2D eigenvalue weighted by Gasteiger charge is 2.33. The fourth-order valence-corrected chi connectivity index (χ4v) is 2.28. The van der Waals surface area contributed by atoms with Crippen molar-refractivity contribution in [1.82, 2.24) is 4.90 Å². The van der Waals surface area contributed by atoms with E-state index in [0.717, 1.165) is 17.7 Å². The Morgan fingerprint density at radius 3 is 2.88 bits per heavy atom. The first-order valence-corrected chi connectivity index (χ1v) is 6.01. The molecule has 1 aromatic carbocycles. The van der Waals surface area contributed by atoms with Crippen molar-refractivity contribution in [3.8, 4) is 0 Å². The number of benzene rings is 1. The molecule has 17 heavy (non-hydrogen) atoms. The van der Waals surface area contributed by atoms with E-state index in [4.69, 9.17) is 5.73 Å². The number of nitrogens with two attached hydrogens (primary N) is 1. The highest BCUT2D eigenvalue weighted by Crippen LogP contribution is 2.34. The van der Waals surface area contributed by atoms with Gasteiger partial charge in [-0.1, -0.05) is 19.1 Å². The van der Waals surface area contributed by atoms with Gasteiger partial charge in [-0.15, -0.1) is 0 Å². The first-order chi connectivity index (χ1) is 8.17. The number of amides is 1. The molecular formula is C13H19N3O. The molecule has 92 valence electrons. The number of aryl methyl sites for hydroxylation is 1. The Bertz CT molecular complexity index is 431. The topological polar surface area (TPSA) is 58.4 Å². The van der Waals surface area contributed by atoms with Gasteiger partial charge in [0.2, 0.25) is 5.91 Å². The number of likely N-dealkylation sites (N-methyl/N-ethyl adjacent to an activating group) is 1. The summed E-state index contributed by atoms with van der Waals surface area (Å²) in [6.07, 6.45) is 0.981. The van der Waals surface area contributed by atoms with Gasteiger partial charge in [-0.2, -0.15) is 0 Å². The van der Waals surface area contributed by atoms with Crippen LogP contribution < -0.4 is 11.1 Å². The quantitative estimate of drug-likeness (QED) is 0.819. The van der Waals surface area contributed by atoms with Crippen LogP contribution in [0.1, 0.15) is 24.1 Å². The smallest absolute Gasteiger partial charge is 0.246 e. The van der Waals surface area contributed by atoms with Gasteiger partial charge in [0.1, 0.15) is 6.04 Å². The lowest BCUT2D eigenvalue weighted by molar-refractivity contribution is -0.120. The predicted molar refractivity (Wildman–Crippen MR) is 68.9 cm³/mol. The third-order valence-corrected chi connectivity index (χ3v) is 3.25. The second kappa shape index (κ2) is 4.85. The van der Waals surface area contributed by atoms with Gasteiger partial charge < -0.3 is 11.1 Å². The average Bonchev–Trinajstić information content (AvgIpc) is 2.64. The monoisotopic (exact) mass is 233 g/mol. The minimum absolute atomic E-state index is 0.0456. The molecule has 1 unspecified atom stereocenters. The number of hydrogen-bond donors (Lipinski definition) is 2. The Morgan fingerprint density at radius 2 is 2.24 bits per heavy atom. The van der Waals surface area contributed by atoms with Crippen molar-refractivity contribution in [3.05, 3.63) is 29.3 Å². The maximum atomic E-state index is 12.0. The number of hydrogen-bond acceptors (Lipinski definition) is 3. The molecule has 0 bridgehead atoms. The Hall–Kier alpha value is -1.39. The van der Waals surface area contributed by atoms with Crippen molar-refractivity contribution in [3.63, 3.8) is 0 Å². The van der Waals surface area contributed by atoms with E-state index in [1.807, 2.05) is 18.0 Å². The van der Waals surface area contributed by atoms with Crippen molar-refractivity contribution in [2.45, 2.75) is 19.4 Å². The molecule has 0 saturated heterocycles. The lowest BCUT2D eigenvalue weighted by Crippen LogP contribution is -2.33. The Labute approximate surface area is 102 Å². The van der Waals surface area contributed by atoms with Gasteiger partial charge in [0.25, 0.3) is 0 Å². The van der Waals surface area contributed by atoms with Crippen LogP contribution in [0.4, 0.5) is 5.69 Å². The molecule has 4 heteroatoms. The zero-order valence-corrected chi connectivity index (χ0v) is 10.4. The van der Waals surface area contributed by atoms with Crippen molar-refractivity contribution in [2.75, 3.05) is 25.5 Å². The van der Waals surface area contributed by atoms with Gasteiger partial charge in [-0.25, -0.2) is 0 Å². The molecule has 0 radical (unpaired) electrons. The molecule has 0 aromatic heterocycles. The second-order valence-electron chi connectivity index (χ2n) is 4.44. The van der Waals surface area contributed by atoms with Gasteiger partial charge in [0.15, 0.2) is 0 Å². The van der Waals surface area contributed by atoms with E-state index >= 15 is 0 Å². The molecule has 0 fully saturated rings. The highest BCUT2D eigenvalue weighted by molar-refractivity contribution is 6.02. The molecule has 2 rings (SSSR count). The van der Waals surface area contributed by atoms with Crippen LogP contribution in [0.5, 0.6) is 0 Å². The van der Waals surface area contributed by atoms with Crippen molar-refractivity contribution in [2.24, 2.45) is 5.73 Å². The van der Waals surface area contributed by atoms with Crippen LogP contribution in [0.15, 0.2) is 18.2 Å². The van der Waals surface area contributed by atoms with E-state index in [1.54, 1.807) is 0 Å². The van der Waals surface area contributed by atoms with E-state index in [2.05, 4.69) is 24.4 Å². The Balaban J connectivity index is 2.34. The molecule has 0 spiro atoms. The summed E-state index contributed by atoms with van der Waals surface area (Å²) in [6, 6.07) is 5.97. The molecule has 1 aliphatic heterocycles. The molecule has 1 heterocycles. The van der Waals surface area contributed by atoms with E-state index < -0.39 is 0 Å². The first kappa shape index (κ1) is 12.1. The first-order valence-electron chi connectivity index (χ1n) is 6.01. The normalized spacial score (nSPS) is 18.4. The van der Waals surface area contributed by atoms with Gasteiger partial charge in [-0.3, -0.25) is 9.69 Å².